The van der Waals surface area contributed by atoms with Crippen LogP contribution in [0.4, 0.5) is 4.39 Å². The van der Waals surface area contributed by atoms with E-state index in [2.05, 4.69) is 21.0 Å². The molecule has 0 aliphatic rings. The highest BCUT2D eigenvalue weighted by atomic mass is 35.5. The number of amides is 2. The zero-order valence-electron chi connectivity index (χ0n) is 13.6. The van der Waals surface area contributed by atoms with Crippen LogP contribution in [0.25, 0.3) is 11.5 Å². The number of benzene rings is 2. The summed E-state index contributed by atoms with van der Waals surface area (Å²) in [6.45, 7) is 0. The average molecular weight is 407 g/mol. The molecule has 2 aromatic carbocycles. The van der Waals surface area contributed by atoms with Crippen LogP contribution in [0, 0.1) is 5.82 Å². The van der Waals surface area contributed by atoms with Crippen molar-refractivity contribution in [1.29, 1.82) is 0 Å². The van der Waals surface area contributed by atoms with Crippen LogP contribution >= 0.6 is 23.4 Å². The molecule has 3 aromatic rings. The minimum absolute atomic E-state index is 0.0955. The van der Waals surface area contributed by atoms with Gasteiger partial charge in [0.25, 0.3) is 11.1 Å². The van der Waals surface area contributed by atoms with Gasteiger partial charge >= 0.3 is 0 Å². The number of carbonyl (C=O) groups excluding carboxylic acids is 2. The summed E-state index contributed by atoms with van der Waals surface area (Å²) in [6.07, 6.45) is 0. The number of nitrogens with zero attached hydrogens (tertiary/aromatic N) is 2. The van der Waals surface area contributed by atoms with Crippen LogP contribution in [0.1, 0.15) is 10.4 Å². The van der Waals surface area contributed by atoms with Gasteiger partial charge in [0.2, 0.25) is 11.8 Å². The second-order valence-corrected chi connectivity index (χ2v) is 6.46. The van der Waals surface area contributed by atoms with Gasteiger partial charge in [-0.3, -0.25) is 20.4 Å². The molecule has 3 rings (SSSR count). The zero-order valence-corrected chi connectivity index (χ0v) is 15.2. The summed E-state index contributed by atoms with van der Waals surface area (Å²) in [7, 11) is 0. The Labute approximate surface area is 162 Å². The highest BCUT2D eigenvalue weighted by molar-refractivity contribution is 7.99. The molecule has 1 heterocycles. The van der Waals surface area contributed by atoms with Gasteiger partial charge in [0.15, 0.2) is 0 Å². The van der Waals surface area contributed by atoms with Crippen molar-refractivity contribution in [3.63, 3.8) is 0 Å². The first kappa shape index (κ1) is 18.9. The maximum atomic E-state index is 13.5. The summed E-state index contributed by atoms with van der Waals surface area (Å²) in [5.41, 5.74) is 4.74. The van der Waals surface area contributed by atoms with Gasteiger partial charge in [-0.1, -0.05) is 47.6 Å². The molecular weight excluding hydrogens is 395 g/mol. The van der Waals surface area contributed by atoms with E-state index < -0.39 is 17.6 Å². The molecule has 0 radical (unpaired) electrons. The number of halogens is 2. The normalized spacial score (nSPS) is 10.4. The topological polar surface area (TPSA) is 97.1 Å². The van der Waals surface area contributed by atoms with Crippen molar-refractivity contribution in [3.8, 4) is 11.5 Å². The Kier molecular flexibility index (Phi) is 6.05. The first-order valence-electron chi connectivity index (χ1n) is 7.59. The fourth-order valence-corrected chi connectivity index (χ4v) is 2.79. The highest BCUT2D eigenvalue weighted by Gasteiger charge is 2.15. The van der Waals surface area contributed by atoms with Crippen molar-refractivity contribution in [2.24, 2.45) is 0 Å². The van der Waals surface area contributed by atoms with Crippen LogP contribution in [0.3, 0.4) is 0 Å². The number of hydrogen-bond donors (Lipinski definition) is 2. The molecule has 0 unspecified atom stereocenters. The fourth-order valence-electron chi connectivity index (χ4n) is 2.01. The van der Waals surface area contributed by atoms with E-state index in [1.807, 2.05) is 0 Å². The van der Waals surface area contributed by atoms with E-state index in [0.29, 0.717) is 10.6 Å². The average Bonchev–Trinajstić information content (AvgIpc) is 3.14. The summed E-state index contributed by atoms with van der Waals surface area (Å²) in [5.74, 6) is -1.83. The van der Waals surface area contributed by atoms with Gasteiger partial charge in [-0.05, 0) is 24.3 Å². The van der Waals surface area contributed by atoms with E-state index >= 15 is 0 Å². The lowest BCUT2D eigenvalue weighted by Gasteiger charge is -2.07. The van der Waals surface area contributed by atoms with Crippen LogP contribution in [0.2, 0.25) is 5.02 Å². The molecule has 2 amide bonds. The molecule has 138 valence electrons. The van der Waals surface area contributed by atoms with Crippen molar-refractivity contribution in [2.45, 2.75) is 5.22 Å². The number of nitrogens with one attached hydrogen (secondary N) is 2. The largest absolute Gasteiger partial charge is 0.411 e. The quantitative estimate of drug-likeness (QED) is 0.499. The molecule has 0 aliphatic heterocycles. The van der Waals surface area contributed by atoms with Crippen molar-refractivity contribution >= 4 is 35.2 Å². The molecule has 7 nitrogen and oxygen atoms in total. The zero-order chi connectivity index (χ0) is 19.2. The van der Waals surface area contributed by atoms with E-state index in [1.54, 1.807) is 24.3 Å². The maximum absolute atomic E-state index is 13.5. The Bertz CT molecular complexity index is 982. The predicted octanol–water partition coefficient (Wildman–Crippen LogP) is 3.08. The van der Waals surface area contributed by atoms with E-state index in [0.717, 1.165) is 17.8 Å². The Balaban J connectivity index is 1.51. The number of hydrogen-bond acceptors (Lipinski definition) is 6. The molecule has 2 N–H and O–H groups in total. The third-order valence-corrected chi connectivity index (χ3v) is 4.42. The van der Waals surface area contributed by atoms with Gasteiger partial charge in [0, 0.05) is 0 Å². The molecule has 0 saturated heterocycles. The van der Waals surface area contributed by atoms with Gasteiger partial charge < -0.3 is 4.42 Å². The Morgan fingerprint density at radius 1 is 1.07 bits per heavy atom. The SMILES string of the molecule is O=C(CSc1nnc(-c2ccccc2Cl)o1)NNC(=O)c1ccccc1F. The Hall–Kier alpha value is -2.91. The van der Waals surface area contributed by atoms with Gasteiger partial charge in [-0.2, -0.15) is 0 Å². The summed E-state index contributed by atoms with van der Waals surface area (Å²) < 4.78 is 18.9. The summed E-state index contributed by atoms with van der Waals surface area (Å²) in [4.78, 5) is 23.6. The van der Waals surface area contributed by atoms with E-state index in [1.165, 1.54) is 18.2 Å². The third kappa shape index (κ3) is 4.83. The lowest BCUT2D eigenvalue weighted by molar-refractivity contribution is -0.119. The number of aromatic nitrogens is 2. The van der Waals surface area contributed by atoms with Gasteiger partial charge in [-0.25, -0.2) is 4.39 Å². The van der Waals surface area contributed by atoms with Crippen LogP contribution in [-0.4, -0.2) is 27.8 Å². The molecule has 0 fully saturated rings. The summed E-state index contributed by atoms with van der Waals surface area (Å²) in [6, 6.07) is 12.4. The first-order chi connectivity index (χ1) is 13.0. The molecule has 0 aliphatic carbocycles. The number of rotatable bonds is 5. The lowest BCUT2D eigenvalue weighted by atomic mass is 10.2. The van der Waals surface area contributed by atoms with Crippen molar-refractivity contribution < 1.29 is 18.4 Å². The summed E-state index contributed by atoms with van der Waals surface area (Å²) >= 11 is 7.04. The molecule has 0 spiro atoms. The highest BCUT2D eigenvalue weighted by Crippen LogP contribution is 2.28. The van der Waals surface area contributed by atoms with Crippen molar-refractivity contribution in [3.05, 3.63) is 64.9 Å². The summed E-state index contributed by atoms with van der Waals surface area (Å²) in [5, 5.41) is 8.35. The van der Waals surface area contributed by atoms with E-state index in [9.17, 15) is 14.0 Å². The minimum atomic E-state index is -0.759. The molecule has 0 atom stereocenters. The Morgan fingerprint density at radius 2 is 1.81 bits per heavy atom. The smallest absolute Gasteiger partial charge is 0.277 e. The van der Waals surface area contributed by atoms with Crippen molar-refractivity contribution in [2.75, 3.05) is 5.75 Å². The first-order valence-corrected chi connectivity index (χ1v) is 8.96. The van der Waals surface area contributed by atoms with Crippen LogP contribution in [-0.2, 0) is 4.79 Å². The van der Waals surface area contributed by atoms with Crippen LogP contribution in [0.5, 0.6) is 0 Å². The molecule has 0 saturated carbocycles. The number of hydrazine groups is 1. The third-order valence-electron chi connectivity index (χ3n) is 3.27. The predicted molar refractivity (Wildman–Crippen MR) is 97.5 cm³/mol. The van der Waals surface area contributed by atoms with Crippen molar-refractivity contribution in [1.82, 2.24) is 21.0 Å². The molecular formula is C17H12ClFN4O3S. The Morgan fingerprint density at radius 3 is 2.59 bits per heavy atom. The second-order valence-electron chi connectivity index (χ2n) is 5.12. The van der Waals surface area contributed by atoms with Gasteiger partial charge in [0.1, 0.15) is 5.82 Å². The van der Waals surface area contributed by atoms with Crippen LogP contribution in [0.15, 0.2) is 58.2 Å². The number of thioether (sulfide) groups is 1. The lowest BCUT2D eigenvalue weighted by Crippen LogP contribution is -2.42. The molecule has 1 aromatic heterocycles. The molecule has 10 heteroatoms. The van der Waals surface area contributed by atoms with Gasteiger partial charge in [-0.15, -0.1) is 10.2 Å². The maximum Gasteiger partial charge on any atom is 0.277 e. The monoisotopic (exact) mass is 406 g/mol. The van der Waals surface area contributed by atoms with E-state index in [-0.39, 0.29) is 22.4 Å². The number of carbonyl (C=O) groups is 2. The molecule has 27 heavy (non-hydrogen) atoms. The van der Waals surface area contributed by atoms with E-state index in [4.69, 9.17) is 16.0 Å². The second kappa shape index (κ2) is 8.65. The van der Waals surface area contributed by atoms with Gasteiger partial charge in [0.05, 0.1) is 21.9 Å². The standard InChI is InChI=1S/C17H12ClFN4O3S/c18-12-7-3-1-5-10(12)16-22-23-17(26-16)27-9-14(24)20-21-15(25)11-6-2-4-8-13(11)19/h1-8H,9H2,(H,20,24)(H,21,25). The van der Waals surface area contributed by atoms with Crippen LogP contribution < -0.4 is 10.9 Å². The fraction of sp³-hybridized carbons (Fsp3) is 0.0588. The minimum Gasteiger partial charge on any atom is -0.411 e. The molecule has 0 bridgehead atoms.